The molecule has 1 heterocycles. The summed E-state index contributed by atoms with van der Waals surface area (Å²) in [7, 11) is 0. The second kappa shape index (κ2) is 4.74. The number of rotatable bonds is 4. The fourth-order valence-electron chi connectivity index (χ4n) is 3.73. The van der Waals surface area contributed by atoms with Crippen LogP contribution in [0.5, 0.6) is 0 Å². The van der Waals surface area contributed by atoms with Crippen LogP contribution in [0.4, 0.5) is 0 Å². The molecular formula is C18H25ClN2. The van der Waals surface area contributed by atoms with Gasteiger partial charge in [-0.1, -0.05) is 33.8 Å². The summed E-state index contributed by atoms with van der Waals surface area (Å²) in [5.74, 6) is 2.45. The lowest BCUT2D eigenvalue weighted by molar-refractivity contribution is 0.457. The third-order valence-corrected chi connectivity index (χ3v) is 6.17. The lowest BCUT2D eigenvalue weighted by Gasteiger charge is -2.10. The van der Waals surface area contributed by atoms with Crippen molar-refractivity contribution in [1.82, 2.24) is 9.55 Å². The Morgan fingerprint density at radius 1 is 1.19 bits per heavy atom. The van der Waals surface area contributed by atoms with E-state index >= 15 is 0 Å². The van der Waals surface area contributed by atoms with Crippen LogP contribution in [0, 0.1) is 23.7 Å². The van der Waals surface area contributed by atoms with E-state index in [1.807, 2.05) is 0 Å². The molecule has 114 valence electrons. The topological polar surface area (TPSA) is 17.8 Å². The quantitative estimate of drug-likeness (QED) is 0.741. The molecule has 1 aromatic carbocycles. The Morgan fingerprint density at radius 2 is 1.86 bits per heavy atom. The van der Waals surface area contributed by atoms with Crippen molar-refractivity contribution in [3.05, 3.63) is 29.6 Å². The summed E-state index contributed by atoms with van der Waals surface area (Å²) in [5.41, 5.74) is 4.43. The summed E-state index contributed by atoms with van der Waals surface area (Å²) in [5, 5.41) is 0. The Labute approximate surface area is 132 Å². The molecule has 1 fully saturated rings. The lowest BCUT2D eigenvalue weighted by atomic mass is 10.0. The van der Waals surface area contributed by atoms with Gasteiger partial charge in [0.25, 0.3) is 0 Å². The number of fused-ring (bicyclic) bond motifs is 1. The molecule has 1 aliphatic rings. The first-order valence-corrected chi connectivity index (χ1v) is 8.34. The van der Waals surface area contributed by atoms with E-state index in [1.54, 1.807) is 0 Å². The van der Waals surface area contributed by atoms with Crippen molar-refractivity contribution in [3.63, 3.8) is 0 Å². The van der Waals surface area contributed by atoms with Gasteiger partial charge in [0.15, 0.2) is 0 Å². The molecule has 0 saturated heterocycles. The second-order valence-corrected chi connectivity index (χ2v) is 7.94. The highest BCUT2D eigenvalue weighted by Crippen LogP contribution is 2.69. The van der Waals surface area contributed by atoms with Crippen LogP contribution < -0.4 is 0 Å². The average molecular weight is 305 g/mol. The van der Waals surface area contributed by atoms with Gasteiger partial charge in [-0.15, -0.1) is 11.6 Å². The molecule has 2 nitrogen and oxygen atoms in total. The van der Waals surface area contributed by atoms with Crippen molar-refractivity contribution < 1.29 is 0 Å². The van der Waals surface area contributed by atoms with E-state index in [0.29, 0.717) is 22.6 Å². The van der Waals surface area contributed by atoms with E-state index in [-0.39, 0.29) is 0 Å². The van der Waals surface area contributed by atoms with Gasteiger partial charge < -0.3 is 4.57 Å². The molecule has 0 aliphatic heterocycles. The third kappa shape index (κ3) is 2.19. The fraction of sp³-hybridized carbons (Fsp3) is 0.611. The van der Waals surface area contributed by atoms with Gasteiger partial charge in [-0.05, 0) is 41.4 Å². The monoisotopic (exact) mass is 304 g/mol. The molecule has 1 aliphatic carbocycles. The number of nitrogens with zero attached hydrogens (tertiary/aromatic N) is 2. The summed E-state index contributed by atoms with van der Waals surface area (Å²) in [6.07, 6.45) is 0.836. The zero-order valence-corrected chi connectivity index (χ0v) is 14.5. The number of aromatic nitrogens is 2. The third-order valence-electron chi connectivity index (χ3n) is 5.99. The number of aryl methyl sites for hydroxylation is 2. The SMILES string of the molecule is Cc1ccc2nc(CCCl)n(CC3C(C)(C)C3(C)C)c2c1. The normalized spacial score (nSPS) is 20.1. The molecule has 0 amide bonds. The van der Waals surface area contributed by atoms with E-state index in [4.69, 9.17) is 16.6 Å². The van der Waals surface area contributed by atoms with Gasteiger partial charge in [-0.3, -0.25) is 0 Å². The van der Waals surface area contributed by atoms with Crippen LogP contribution in [0.25, 0.3) is 11.0 Å². The first-order valence-electron chi connectivity index (χ1n) is 7.81. The van der Waals surface area contributed by atoms with Crippen molar-refractivity contribution in [2.45, 2.75) is 47.6 Å². The molecule has 2 aromatic rings. The molecule has 3 heteroatoms. The van der Waals surface area contributed by atoms with Gasteiger partial charge in [0, 0.05) is 18.8 Å². The highest BCUT2D eigenvalue weighted by molar-refractivity contribution is 6.17. The van der Waals surface area contributed by atoms with Crippen molar-refractivity contribution in [3.8, 4) is 0 Å². The van der Waals surface area contributed by atoms with Crippen molar-refractivity contribution >= 4 is 22.6 Å². The highest BCUT2D eigenvalue weighted by Gasteiger charge is 2.64. The molecule has 0 atom stereocenters. The molecule has 0 N–H and O–H groups in total. The minimum absolute atomic E-state index is 0.394. The number of imidazole rings is 1. The molecule has 0 radical (unpaired) electrons. The van der Waals surface area contributed by atoms with E-state index in [1.165, 1.54) is 11.1 Å². The molecule has 0 unspecified atom stereocenters. The standard InChI is InChI=1S/C18H25ClN2/c1-12-6-7-13-14(10-12)21(16(20-13)8-9-19)11-15-17(2,3)18(15,4)5/h6-7,10,15H,8-9,11H2,1-5H3. The van der Waals surface area contributed by atoms with E-state index in [9.17, 15) is 0 Å². The van der Waals surface area contributed by atoms with Gasteiger partial charge in [-0.25, -0.2) is 4.98 Å². The zero-order chi connectivity index (χ0) is 15.4. The predicted octanol–water partition coefficient (Wildman–Crippen LogP) is 4.81. The maximum atomic E-state index is 5.98. The zero-order valence-electron chi connectivity index (χ0n) is 13.7. The number of hydrogen-bond donors (Lipinski definition) is 0. The van der Waals surface area contributed by atoms with Crippen LogP contribution in [0.3, 0.4) is 0 Å². The fourth-order valence-corrected chi connectivity index (χ4v) is 3.90. The van der Waals surface area contributed by atoms with Gasteiger partial charge in [0.1, 0.15) is 5.82 Å². The average Bonchev–Trinajstić information content (AvgIpc) is 2.69. The molecule has 1 saturated carbocycles. The molecule has 3 rings (SSSR count). The highest BCUT2D eigenvalue weighted by atomic mass is 35.5. The summed E-state index contributed by atoms with van der Waals surface area (Å²) in [6, 6.07) is 6.51. The maximum Gasteiger partial charge on any atom is 0.111 e. The Balaban J connectivity index is 2.04. The lowest BCUT2D eigenvalue weighted by Crippen LogP contribution is -2.09. The largest absolute Gasteiger partial charge is 0.328 e. The Morgan fingerprint density at radius 3 is 2.43 bits per heavy atom. The van der Waals surface area contributed by atoms with E-state index in [2.05, 4.69) is 57.4 Å². The molecule has 21 heavy (non-hydrogen) atoms. The summed E-state index contributed by atoms with van der Waals surface area (Å²) in [4.78, 5) is 4.80. The Kier molecular flexibility index (Phi) is 3.36. The first-order chi connectivity index (χ1) is 9.79. The summed E-state index contributed by atoms with van der Waals surface area (Å²) in [6.45, 7) is 12.7. The van der Waals surface area contributed by atoms with Crippen molar-refractivity contribution in [1.29, 1.82) is 0 Å². The summed E-state index contributed by atoms with van der Waals surface area (Å²) >= 11 is 5.98. The number of benzene rings is 1. The molecule has 0 spiro atoms. The van der Waals surface area contributed by atoms with Crippen molar-refractivity contribution in [2.24, 2.45) is 16.7 Å². The van der Waals surface area contributed by atoms with Crippen LogP contribution >= 0.6 is 11.6 Å². The minimum Gasteiger partial charge on any atom is -0.328 e. The molecule has 0 bridgehead atoms. The second-order valence-electron chi connectivity index (χ2n) is 7.57. The predicted molar refractivity (Wildman–Crippen MR) is 89.9 cm³/mol. The minimum atomic E-state index is 0.394. The van der Waals surface area contributed by atoms with Crippen LogP contribution in [-0.4, -0.2) is 15.4 Å². The maximum absolute atomic E-state index is 5.98. The molecular weight excluding hydrogens is 280 g/mol. The van der Waals surface area contributed by atoms with E-state index < -0.39 is 0 Å². The number of halogens is 1. The van der Waals surface area contributed by atoms with Gasteiger partial charge >= 0.3 is 0 Å². The van der Waals surface area contributed by atoms with Gasteiger partial charge in [0.05, 0.1) is 11.0 Å². The van der Waals surface area contributed by atoms with E-state index in [0.717, 1.165) is 24.3 Å². The number of hydrogen-bond acceptors (Lipinski definition) is 1. The van der Waals surface area contributed by atoms with Gasteiger partial charge in [0.2, 0.25) is 0 Å². The van der Waals surface area contributed by atoms with Crippen molar-refractivity contribution in [2.75, 3.05) is 5.88 Å². The number of alkyl halides is 1. The van der Waals surface area contributed by atoms with Crippen LogP contribution in [0.2, 0.25) is 0 Å². The van der Waals surface area contributed by atoms with Crippen LogP contribution in [0.1, 0.15) is 39.1 Å². The Bertz CT molecular complexity index is 668. The smallest absolute Gasteiger partial charge is 0.111 e. The van der Waals surface area contributed by atoms with Crippen LogP contribution in [0.15, 0.2) is 18.2 Å². The first kappa shape index (κ1) is 14.9. The molecule has 1 aromatic heterocycles. The summed E-state index contributed by atoms with van der Waals surface area (Å²) < 4.78 is 2.41. The van der Waals surface area contributed by atoms with Crippen LogP contribution in [-0.2, 0) is 13.0 Å². The van der Waals surface area contributed by atoms with Gasteiger partial charge in [-0.2, -0.15) is 0 Å². The Hall–Kier alpha value is -1.02.